The van der Waals surface area contributed by atoms with Gasteiger partial charge in [0.1, 0.15) is 6.04 Å². The van der Waals surface area contributed by atoms with E-state index in [0.717, 1.165) is 32.1 Å². The molecular formula is C13H20N2O3. The van der Waals surface area contributed by atoms with Crippen LogP contribution in [0.25, 0.3) is 0 Å². The van der Waals surface area contributed by atoms with E-state index in [-0.39, 0.29) is 24.5 Å². The normalized spacial score (nSPS) is 31.1. The molecule has 2 saturated heterocycles. The van der Waals surface area contributed by atoms with Crippen LogP contribution in [-0.4, -0.2) is 51.6 Å². The van der Waals surface area contributed by atoms with Crippen LogP contribution in [0.1, 0.15) is 44.9 Å². The van der Waals surface area contributed by atoms with E-state index in [0.29, 0.717) is 19.4 Å². The van der Waals surface area contributed by atoms with Crippen molar-refractivity contribution in [2.24, 2.45) is 0 Å². The smallest absolute Gasteiger partial charge is 0.327 e. The van der Waals surface area contributed by atoms with Crippen LogP contribution in [0.15, 0.2) is 0 Å². The molecule has 2 aliphatic heterocycles. The SMILES string of the molecule is O=C1C2CCCN2C(=O)N1CC1(O)CCCCC1. The second kappa shape index (κ2) is 4.23. The molecule has 1 aliphatic carbocycles. The molecule has 5 nitrogen and oxygen atoms in total. The van der Waals surface area contributed by atoms with Gasteiger partial charge in [-0.15, -0.1) is 0 Å². The molecule has 1 atom stereocenters. The summed E-state index contributed by atoms with van der Waals surface area (Å²) < 4.78 is 0. The topological polar surface area (TPSA) is 60.9 Å². The monoisotopic (exact) mass is 252 g/mol. The Labute approximate surface area is 107 Å². The summed E-state index contributed by atoms with van der Waals surface area (Å²) in [5.74, 6) is -0.100. The molecule has 0 radical (unpaired) electrons. The van der Waals surface area contributed by atoms with E-state index in [1.54, 1.807) is 4.90 Å². The summed E-state index contributed by atoms with van der Waals surface area (Å²) in [6.07, 6.45) is 6.21. The lowest BCUT2D eigenvalue weighted by Crippen LogP contribution is -2.47. The second-order valence-corrected chi connectivity index (χ2v) is 5.84. The third-order valence-corrected chi connectivity index (χ3v) is 4.52. The minimum Gasteiger partial charge on any atom is -0.388 e. The number of β-amino-alcohol motifs (C(OH)–C–C–N with tert-alkyl or cyclic N) is 1. The predicted octanol–water partition coefficient (Wildman–Crippen LogP) is 1.11. The van der Waals surface area contributed by atoms with Gasteiger partial charge in [0.25, 0.3) is 5.91 Å². The van der Waals surface area contributed by atoms with E-state index in [9.17, 15) is 14.7 Å². The number of hydrogen-bond donors (Lipinski definition) is 1. The van der Waals surface area contributed by atoms with E-state index in [4.69, 9.17) is 0 Å². The van der Waals surface area contributed by atoms with Gasteiger partial charge in [0, 0.05) is 6.54 Å². The van der Waals surface area contributed by atoms with Gasteiger partial charge in [-0.05, 0) is 25.7 Å². The van der Waals surface area contributed by atoms with E-state index >= 15 is 0 Å². The summed E-state index contributed by atoms with van der Waals surface area (Å²) in [5, 5.41) is 10.5. The number of hydrogen-bond acceptors (Lipinski definition) is 3. The molecule has 3 aliphatic rings. The van der Waals surface area contributed by atoms with Crippen molar-refractivity contribution in [3.05, 3.63) is 0 Å². The van der Waals surface area contributed by atoms with Crippen molar-refractivity contribution in [3.63, 3.8) is 0 Å². The first-order chi connectivity index (χ1) is 8.61. The van der Waals surface area contributed by atoms with Crippen LogP contribution in [0.4, 0.5) is 4.79 Å². The number of amides is 3. The van der Waals surface area contributed by atoms with E-state index < -0.39 is 5.60 Å². The molecule has 1 N–H and O–H groups in total. The minimum absolute atomic E-state index is 0.100. The summed E-state index contributed by atoms with van der Waals surface area (Å²) in [5.41, 5.74) is -0.844. The molecule has 18 heavy (non-hydrogen) atoms. The Bertz CT molecular complexity index is 354. The summed E-state index contributed by atoms with van der Waals surface area (Å²) in [7, 11) is 0. The van der Waals surface area contributed by atoms with E-state index in [2.05, 4.69) is 0 Å². The van der Waals surface area contributed by atoms with Crippen molar-refractivity contribution in [1.82, 2.24) is 9.80 Å². The van der Waals surface area contributed by atoms with Gasteiger partial charge in [-0.2, -0.15) is 0 Å². The molecule has 0 aromatic heterocycles. The van der Waals surface area contributed by atoms with Crippen LogP contribution >= 0.6 is 0 Å². The molecule has 1 saturated carbocycles. The minimum atomic E-state index is -0.844. The first-order valence-corrected chi connectivity index (χ1v) is 6.95. The molecule has 0 spiro atoms. The summed E-state index contributed by atoms with van der Waals surface area (Å²) in [6.45, 7) is 0.877. The van der Waals surface area contributed by atoms with Gasteiger partial charge < -0.3 is 10.0 Å². The maximum atomic E-state index is 12.2. The summed E-state index contributed by atoms with van der Waals surface area (Å²) in [6, 6.07) is -0.439. The number of imide groups is 1. The summed E-state index contributed by atoms with van der Waals surface area (Å²) >= 11 is 0. The highest BCUT2D eigenvalue weighted by Crippen LogP contribution is 2.33. The highest BCUT2D eigenvalue weighted by atomic mass is 16.3. The van der Waals surface area contributed by atoms with Gasteiger partial charge in [-0.3, -0.25) is 9.69 Å². The number of rotatable bonds is 2. The fraction of sp³-hybridized carbons (Fsp3) is 0.846. The Morgan fingerprint density at radius 2 is 1.89 bits per heavy atom. The zero-order valence-corrected chi connectivity index (χ0v) is 10.6. The highest BCUT2D eigenvalue weighted by Gasteiger charge is 2.49. The van der Waals surface area contributed by atoms with Crippen LogP contribution < -0.4 is 0 Å². The average molecular weight is 252 g/mol. The zero-order chi connectivity index (χ0) is 12.8. The zero-order valence-electron chi connectivity index (χ0n) is 10.6. The molecule has 0 aromatic rings. The Hall–Kier alpha value is -1.10. The molecule has 1 unspecified atom stereocenters. The lowest BCUT2D eigenvalue weighted by atomic mass is 9.84. The largest absolute Gasteiger partial charge is 0.388 e. The van der Waals surface area contributed by atoms with Gasteiger partial charge in [0.05, 0.1) is 12.1 Å². The van der Waals surface area contributed by atoms with Gasteiger partial charge in [0.15, 0.2) is 0 Å². The molecule has 5 heteroatoms. The highest BCUT2D eigenvalue weighted by molar-refractivity contribution is 6.04. The van der Waals surface area contributed by atoms with Crippen molar-refractivity contribution >= 4 is 11.9 Å². The van der Waals surface area contributed by atoms with Crippen molar-refractivity contribution in [2.75, 3.05) is 13.1 Å². The van der Waals surface area contributed by atoms with Crippen LogP contribution in [0, 0.1) is 0 Å². The third kappa shape index (κ3) is 1.81. The average Bonchev–Trinajstić information content (AvgIpc) is 2.91. The molecule has 0 bridgehead atoms. The Morgan fingerprint density at radius 1 is 1.17 bits per heavy atom. The maximum absolute atomic E-state index is 12.2. The molecule has 100 valence electrons. The molecular weight excluding hydrogens is 232 g/mol. The first-order valence-electron chi connectivity index (χ1n) is 6.95. The Balaban J connectivity index is 1.73. The van der Waals surface area contributed by atoms with Crippen LogP contribution in [0.2, 0.25) is 0 Å². The summed E-state index contributed by atoms with van der Waals surface area (Å²) in [4.78, 5) is 27.2. The van der Waals surface area contributed by atoms with Crippen molar-refractivity contribution in [1.29, 1.82) is 0 Å². The Kier molecular flexibility index (Phi) is 2.81. The number of nitrogens with zero attached hydrogens (tertiary/aromatic N) is 2. The predicted molar refractivity (Wildman–Crippen MR) is 64.9 cm³/mol. The third-order valence-electron chi connectivity index (χ3n) is 4.52. The van der Waals surface area contributed by atoms with Crippen molar-refractivity contribution in [3.8, 4) is 0 Å². The second-order valence-electron chi connectivity index (χ2n) is 5.84. The quantitative estimate of drug-likeness (QED) is 0.749. The van der Waals surface area contributed by atoms with Gasteiger partial charge in [0.2, 0.25) is 0 Å². The number of carbonyl (C=O) groups is 2. The fourth-order valence-electron chi connectivity index (χ4n) is 3.49. The molecule has 3 fully saturated rings. The maximum Gasteiger partial charge on any atom is 0.327 e. The lowest BCUT2D eigenvalue weighted by Gasteiger charge is -2.34. The van der Waals surface area contributed by atoms with Gasteiger partial charge >= 0.3 is 6.03 Å². The standard InChI is InChI=1S/C13H20N2O3/c16-11-10-5-4-8-14(10)12(17)15(11)9-13(18)6-2-1-3-7-13/h10,18H,1-9H2. The number of urea groups is 1. The first kappa shape index (κ1) is 12.0. The van der Waals surface area contributed by atoms with E-state index in [1.165, 1.54) is 4.90 Å². The fourth-order valence-corrected chi connectivity index (χ4v) is 3.49. The number of aliphatic hydroxyl groups is 1. The van der Waals surface area contributed by atoms with Crippen LogP contribution in [0.5, 0.6) is 0 Å². The van der Waals surface area contributed by atoms with Crippen LogP contribution in [-0.2, 0) is 4.79 Å². The lowest BCUT2D eigenvalue weighted by molar-refractivity contribution is -0.131. The number of fused-ring (bicyclic) bond motifs is 1. The molecule has 0 aromatic carbocycles. The molecule has 3 rings (SSSR count). The van der Waals surface area contributed by atoms with Crippen LogP contribution in [0.3, 0.4) is 0 Å². The van der Waals surface area contributed by atoms with Gasteiger partial charge in [-0.25, -0.2) is 4.79 Å². The van der Waals surface area contributed by atoms with E-state index in [1.807, 2.05) is 0 Å². The molecule has 3 amide bonds. The van der Waals surface area contributed by atoms with Gasteiger partial charge in [-0.1, -0.05) is 19.3 Å². The van der Waals surface area contributed by atoms with Crippen molar-refractivity contribution in [2.45, 2.75) is 56.6 Å². The number of carbonyl (C=O) groups excluding carboxylic acids is 2. The Morgan fingerprint density at radius 3 is 2.56 bits per heavy atom. The van der Waals surface area contributed by atoms with Crippen molar-refractivity contribution < 1.29 is 14.7 Å². The molecule has 2 heterocycles.